The smallest absolute Gasteiger partial charge is 0.322 e. The Hall–Kier alpha value is -3.65. The van der Waals surface area contributed by atoms with Crippen LogP contribution in [0.5, 0.6) is 0 Å². The molecule has 0 unspecified atom stereocenters. The van der Waals surface area contributed by atoms with Crippen molar-refractivity contribution in [3.05, 3.63) is 88.9 Å². The zero-order valence-corrected chi connectivity index (χ0v) is 17.7. The maximum absolute atomic E-state index is 13.3. The fourth-order valence-electron chi connectivity index (χ4n) is 3.84. The summed E-state index contributed by atoms with van der Waals surface area (Å²) in [7, 11) is 0. The molecule has 164 valence electrons. The van der Waals surface area contributed by atoms with E-state index in [1.165, 1.54) is 34.1 Å². The number of anilines is 1. The van der Waals surface area contributed by atoms with Crippen LogP contribution in [0.25, 0.3) is 0 Å². The van der Waals surface area contributed by atoms with Crippen molar-refractivity contribution >= 4 is 35.1 Å². The second-order valence-corrected chi connectivity index (χ2v) is 7.85. The molecule has 0 radical (unpaired) electrons. The Bertz CT molecular complexity index is 1130. The minimum atomic E-state index is -0.685. The molecule has 0 bridgehead atoms. The summed E-state index contributed by atoms with van der Waals surface area (Å²) < 4.78 is 13.1. The van der Waals surface area contributed by atoms with Crippen LogP contribution in [0, 0.1) is 5.82 Å². The van der Waals surface area contributed by atoms with E-state index in [9.17, 15) is 18.8 Å². The number of benzene rings is 2. The molecule has 2 aromatic carbocycles. The zero-order chi connectivity index (χ0) is 22.8. The van der Waals surface area contributed by atoms with Gasteiger partial charge in [0.2, 0.25) is 5.91 Å². The number of amides is 4. The highest BCUT2D eigenvalue weighted by atomic mass is 35.5. The van der Waals surface area contributed by atoms with E-state index in [-0.39, 0.29) is 31.6 Å². The van der Waals surface area contributed by atoms with Gasteiger partial charge in [0.15, 0.2) is 0 Å². The van der Waals surface area contributed by atoms with Gasteiger partial charge in [0.05, 0.1) is 23.9 Å². The third kappa shape index (κ3) is 4.22. The van der Waals surface area contributed by atoms with E-state index in [1.54, 1.807) is 30.3 Å². The molecule has 4 rings (SSSR count). The number of hydrogen-bond donors (Lipinski definition) is 2. The summed E-state index contributed by atoms with van der Waals surface area (Å²) >= 11 is 6.12. The number of halogens is 2. The van der Waals surface area contributed by atoms with E-state index in [1.807, 2.05) is 0 Å². The standard InChI is InChI=1S/C23H20ClFN4O3/c1-2-10-29-18-12-28(13-19(30)26-17-8-6-16(25)7-9-17)22(31)20(18)21(27-23(29)32)14-4-3-5-15(24)11-14/h2-9,11,21H,1,10,12-13H2,(H,26,30)(H,27,32)/t21-/m0/s1. The summed E-state index contributed by atoms with van der Waals surface area (Å²) in [5.74, 6) is -1.20. The van der Waals surface area contributed by atoms with Crippen LogP contribution in [-0.2, 0) is 9.59 Å². The lowest BCUT2D eigenvalue weighted by Gasteiger charge is -2.33. The average molecular weight is 455 g/mol. The largest absolute Gasteiger partial charge is 0.326 e. The third-order valence-corrected chi connectivity index (χ3v) is 5.49. The molecule has 4 amide bonds. The van der Waals surface area contributed by atoms with Crippen LogP contribution in [-0.4, -0.2) is 47.3 Å². The minimum absolute atomic E-state index is 0.101. The first-order valence-corrected chi connectivity index (χ1v) is 10.3. The molecule has 0 saturated carbocycles. The van der Waals surface area contributed by atoms with Gasteiger partial charge in [-0.2, -0.15) is 0 Å². The van der Waals surface area contributed by atoms with E-state index < -0.39 is 17.8 Å². The van der Waals surface area contributed by atoms with Crippen LogP contribution < -0.4 is 10.6 Å². The first-order chi connectivity index (χ1) is 15.4. The molecule has 0 spiro atoms. The number of carbonyl (C=O) groups excluding carboxylic acids is 3. The number of urea groups is 1. The molecule has 2 heterocycles. The molecular weight excluding hydrogens is 435 g/mol. The second-order valence-electron chi connectivity index (χ2n) is 7.41. The average Bonchev–Trinajstić information content (AvgIpc) is 3.07. The van der Waals surface area contributed by atoms with Gasteiger partial charge in [0.25, 0.3) is 5.91 Å². The van der Waals surface area contributed by atoms with Crippen LogP contribution in [0.15, 0.2) is 72.5 Å². The van der Waals surface area contributed by atoms with Crippen LogP contribution in [0.2, 0.25) is 5.02 Å². The van der Waals surface area contributed by atoms with Crippen LogP contribution in [0.4, 0.5) is 14.9 Å². The monoisotopic (exact) mass is 454 g/mol. The molecule has 9 heteroatoms. The van der Waals surface area contributed by atoms with Crippen LogP contribution in [0.3, 0.4) is 0 Å². The van der Waals surface area contributed by atoms with Gasteiger partial charge < -0.3 is 15.5 Å². The van der Waals surface area contributed by atoms with Gasteiger partial charge in [-0.05, 0) is 42.0 Å². The molecule has 7 nitrogen and oxygen atoms in total. The van der Waals surface area contributed by atoms with E-state index in [2.05, 4.69) is 17.2 Å². The lowest BCUT2D eigenvalue weighted by Crippen LogP contribution is -2.47. The van der Waals surface area contributed by atoms with Gasteiger partial charge in [0.1, 0.15) is 12.4 Å². The Labute approximate surface area is 189 Å². The molecular formula is C23H20ClFN4O3. The number of rotatable bonds is 6. The molecule has 2 aromatic rings. The number of nitrogens with one attached hydrogen (secondary N) is 2. The summed E-state index contributed by atoms with van der Waals surface area (Å²) in [6, 6.07) is 11.2. The predicted octanol–water partition coefficient (Wildman–Crippen LogP) is 3.47. The van der Waals surface area contributed by atoms with Gasteiger partial charge in [-0.25, -0.2) is 9.18 Å². The van der Waals surface area contributed by atoms with E-state index >= 15 is 0 Å². The highest BCUT2D eigenvalue weighted by Gasteiger charge is 2.44. The van der Waals surface area contributed by atoms with Crippen molar-refractivity contribution in [2.45, 2.75) is 6.04 Å². The maximum Gasteiger partial charge on any atom is 0.322 e. The molecule has 2 aliphatic heterocycles. The lowest BCUT2D eigenvalue weighted by molar-refractivity contribution is -0.130. The van der Waals surface area contributed by atoms with Crippen molar-refractivity contribution in [2.75, 3.05) is 25.0 Å². The van der Waals surface area contributed by atoms with Crippen LogP contribution >= 0.6 is 11.6 Å². The Morgan fingerprint density at radius 3 is 2.69 bits per heavy atom. The topological polar surface area (TPSA) is 81.8 Å². The van der Waals surface area contributed by atoms with Gasteiger partial charge in [-0.3, -0.25) is 14.5 Å². The SMILES string of the molecule is C=CCN1C(=O)N[C@@H](c2cccc(Cl)c2)C2=C1CN(CC(=O)Nc1ccc(F)cc1)C2=O. The van der Waals surface area contributed by atoms with Gasteiger partial charge in [-0.1, -0.05) is 29.8 Å². The molecule has 32 heavy (non-hydrogen) atoms. The molecule has 0 aliphatic carbocycles. The summed E-state index contributed by atoms with van der Waals surface area (Å²) in [5.41, 5.74) is 2.01. The van der Waals surface area contributed by atoms with Crippen LogP contribution in [0.1, 0.15) is 11.6 Å². The molecule has 0 aromatic heterocycles. The Kier molecular flexibility index (Phi) is 5.96. The fraction of sp³-hybridized carbons (Fsp3) is 0.174. The number of hydrogen-bond acceptors (Lipinski definition) is 3. The lowest BCUT2D eigenvalue weighted by atomic mass is 9.95. The molecule has 0 fully saturated rings. The summed E-state index contributed by atoms with van der Waals surface area (Å²) in [4.78, 5) is 41.4. The summed E-state index contributed by atoms with van der Waals surface area (Å²) in [6.45, 7) is 3.78. The first kappa shape index (κ1) is 21.6. The summed E-state index contributed by atoms with van der Waals surface area (Å²) in [5, 5.41) is 5.98. The normalized spacial score (nSPS) is 17.9. The van der Waals surface area contributed by atoms with E-state index in [0.29, 0.717) is 27.5 Å². The highest BCUT2D eigenvalue weighted by molar-refractivity contribution is 6.30. The quantitative estimate of drug-likeness (QED) is 0.656. The van der Waals surface area contributed by atoms with Crippen molar-refractivity contribution < 1.29 is 18.8 Å². The van der Waals surface area contributed by atoms with Crippen molar-refractivity contribution in [3.8, 4) is 0 Å². The predicted molar refractivity (Wildman–Crippen MR) is 118 cm³/mol. The summed E-state index contributed by atoms with van der Waals surface area (Å²) in [6.07, 6.45) is 1.57. The Morgan fingerprint density at radius 1 is 1.25 bits per heavy atom. The molecule has 0 saturated heterocycles. The molecule has 2 N–H and O–H groups in total. The maximum atomic E-state index is 13.3. The highest BCUT2D eigenvalue weighted by Crippen LogP contribution is 2.36. The third-order valence-electron chi connectivity index (χ3n) is 5.25. The van der Waals surface area contributed by atoms with Crippen molar-refractivity contribution in [1.29, 1.82) is 0 Å². The van der Waals surface area contributed by atoms with E-state index in [4.69, 9.17) is 11.6 Å². The first-order valence-electron chi connectivity index (χ1n) is 9.89. The fourth-order valence-corrected chi connectivity index (χ4v) is 4.04. The van der Waals surface area contributed by atoms with Crippen molar-refractivity contribution in [2.24, 2.45) is 0 Å². The van der Waals surface area contributed by atoms with Gasteiger partial charge in [0, 0.05) is 17.3 Å². The Balaban J connectivity index is 1.59. The zero-order valence-electron chi connectivity index (χ0n) is 17.0. The van der Waals surface area contributed by atoms with Crippen molar-refractivity contribution in [1.82, 2.24) is 15.1 Å². The number of nitrogens with zero attached hydrogens (tertiary/aromatic N) is 2. The number of carbonyl (C=O) groups is 3. The molecule has 2 aliphatic rings. The van der Waals surface area contributed by atoms with Gasteiger partial charge >= 0.3 is 6.03 Å². The second kappa shape index (κ2) is 8.84. The van der Waals surface area contributed by atoms with Gasteiger partial charge in [-0.15, -0.1) is 6.58 Å². The van der Waals surface area contributed by atoms with Crippen molar-refractivity contribution in [3.63, 3.8) is 0 Å². The van der Waals surface area contributed by atoms with E-state index in [0.717, 1.165) is 0 Å². The minimum Gasteiger partial charge on any atom is -0.326 e. The molecule has 1 atom stereocenters. The Morgan fingerprint density at radius 2 is 2.00 bits per heavy atom.